The van der Waals surface area contributed by atoms with Crippen LogP contribution in [0.3, 0.4) is 0 Å². The summed E-state index contributed by atoms with van der Waals surface area (Å²) in [6.07, 6.45) is 0. The SMILES string of the molecule is [2H]C([2H])([2H])N1[C]2=[Pt]=[C]3N(c4cccc(c4)B(c4c(-c5ccccc5)cccc4-c4ccccc4)c4cccc(c4)N2c2ccccc21)c1ccccc1N3C([2H])([2H])[2H]. The van der Waals surface area contributed by atoms with Crippen molar-refractivity contribution in [2.75, 3.05) is 33.6 Å². The van der Waals surface area contributed by atoms with Crippen LogP contribution in [0, 0.1) is 0 Å². The van der Waals surface area contributed by atoms with Gasteiger partial charge in [0, 0.05) is 0 Å². The maximum atomic E-state index is 8.92. The Balaban J connectivity index is 1.36. The third-order valence-electron chi connectivity index (χ3n) is 10.0. The molecule has 0 atom stereocenters. The summed E-state index contributed by atoms with van der Waals surface area (Å²) in [5.74, 6) is 0. The first-order valence-corrected chi connectivity index (χ1v) is 19.5. The third-order valence-corrected chi connectivity index (χ3v) is 13.1. The van der Waals surface area contributed by atoms with Crippen molar-refractivity contribution in [1.29, 1.82) is 0 Å². The van der Waals surface area contributed by atoms with E-state index in [0.29, 0.717) is 19.7 Å². The Bertz CT molecular complexity index is 2620. The molecule has 0 saturated heterocycles. The van der Waals surface area contributed by atoms with Gasteiger partial charge < -0.3 is 0 Å². The Morgan fingerprint density at radius 3 is 1.33 bits per heavy atom. The van der Waals surface area contributed by atoms with Crippen LogP contribution in [0.25, 0.3) is 22.3 Å². The first-order chi connectivity index (χ1) is 28.1. The molecule has 3 heterocycles. The molecule has 0 aliphatic carbocycles. The molecule has 0 radical (unpaired) electrons. The van der Waals surface area contributed by atoms with Gasteiger partial charge in [-0.1, -0.05) is 0 Å². The summed E-state index contributed by atoms with van der Waals surface area (Å²) in [6.45, 7) is -5.42. The minimum atomic E-state index is -2.56. The van der Waals surface area contributed by atoms with E-state index in [2.05, 4.69) is 113 Å². The summed E-state index contributed by atoms with van der Waals surface area (Å²) in [5, 5.41) is 0. The van der Waals surface area contributed by atoms with Gasteiger partial charge >= 0.3 is 323 Å². The topological polar surface area (TPSA) is 13.0 Å². The van der Waals surface area contributed by atoms with E-state index in [1.54, 1.807) is 0 Å². The molecule has 6 heteroatoms. The molecule has 0 N–H and O–H groups in total. The zero-order valence-electron chi connectivity index (χ0n) is 33.9. The van der Waals surface area contributed by atoms with Crippen molar-refractivity contribution >= 4 is 65.5 Å². The second-order valence-corrected chi connectivity index (χ2v) is 15.6. The number of nitrogens with zero attached hydrogens (tertiary/aromatic N) is 4. The predicted octanol–water partition coefficient (Wildman–Crippen LogP) is 7.98. The van der Waals surface area contributed by atoms with Crippen LogP contribution in [0.4, 0.5) is 34.1 Å². The molecule has 0 aromatic heterocycles. The fourth-order valence-corrected chi connectivity index (χ4v) is 10.9. The molecule has 0 amide bonds. The molecule has 52 heavy (non-hydrogen) atoms. The van der Waals surface area contributed by atoms with Gasteiger partial charge in [0.1, 0.15) is 0 Å². The molecular weight excluding hydrogens is 814 g/mol. The van der Waals surface area contributed by atoms with Crippen molar-refractivity contribution in [3.05, 3.63) is 176 Å². The number of benzene rings is 7. The van der Waals surface area contributed by atoms with Crippen molar-refractivity contribution in [1.82, 2.24) is 0 Å². The maximum absolute atomic E-state index is 8.92. The van der Waals surface area contributed by atoms with E-state index >= 15 is 0 Å². The van der Waals surface area contributed by atoms with Crippen molar-refractivity contribution in [2.24, 2.45) is 0 Å². The van der Waals surface area contributed by atoms with Gasteiger partial charge in [0.05, 0.1) is 0 Å². The summed E-state index contributed by atoms with van der Waals surface area (Å²) < 4.78 is 54.6. The average molecular weight is 856 g/mol. The Labute approximate surface area is 321 Å². The van der Waals surface area contributed by atoms with Gasteiger partial charge in [0.25, 0.3) is 0 Å². The molecule has 10 rings (SSSR count). The van der Waals surface area contributed by atoms with Crippen LogP contribution >= 0.6 is 0 Å². The fourth-order valence-electron chi connectivity index (χ4n) is 7.76. The molecule has 3 aliphatic heterocycles. The predicted molar refractivity (Wildman–Crippen MR) is 219 cm³/mol. The van der Waals surface area contributed by atoms with Gasteiger partial charge in [-0.3, -0.25) is 0 Å². The Morgan fingerprint density at radius 2 is 0.865 bits per heavy atom. The molecule has 7 aromatic carbocycles. The van der Waals surface area contributed by atoms with E-state index in [9.17, 15) is 0 Å². The molecule has 0 spiro atoms. The van der Waals surface area contributed by atoms with E-state index < -0.39 is 31.6 Å². The number of anilines is 6. The minimum absolute atomic E-state index is 0.305. The van der Waals surface area contributed by atoms with Crippen molar-refractivity contribution < 1.29 is 25.9 Å². The van der Waals surface area contributed by atoms with Gasteiger partial charge in [-0.2, -0.15) is 0 Å². The summed E-state index contributed by atoms with van der Waals surface area (Å²) in [4.78, 5) is 7.01. The fraction of sp³-hybridized carbons (Fsp3) is 0.0435. The molecule has 4 bridgehead atoms. The van der Waals surface area contributed by atoms with Gasteiger partial charge in [-0.05, 0) is 0 Å². The number of hydrogen-bond acceptors (Lipinski definition) is 4. The molecule has 3 aliphatic rings. The van der Waals surface area contributed by atoms with Gasteiger partial charge in [-0.15, -0.1) is 0 Å². The monoisotopic (exact) mass is 855 g/mol. The van der Waals surface area contributed by atoms with Crippen LogP contribution in [0.5, 0.6) is 0 Å². The second kappa shape index (κ2) is 12.5. The van der Waals surface area contributed by atoms with E-state index in [4.69, 9.17) is 8.22 Å². The molecule has 252 valence electrons. The van der Waals surface area contributed by atoms with Crippen LogP contribution in [0.15, 0.2) is 176 Å². The third kappa shape index (κ3) is 4.87. The number of para-hydroxylation sites is 4. The number of fused-ring (bicyclic) bond motifs is 12. The first kappa shape index (κ1) is 25.2. The summed E-state index contributed by atoms with van der Waals surface area (Å²) in [5.41, 5.74) is 11.8. The van der Waals surface area contributed by atoms with Gasteiger partial charge in [-0.25, -0.2) is 0 Å². The van der Waals surface area contributed by atoms with Crippen LogP contribution in [-0.4, -0.2) is 29.0 Å². The van der Waals surface area contributed by atoms with Gasteiger partial charge in [0.2, 0.25) is 0 Å². The Morgan fingerprint density at radius 1 is 0.442 bits per heavy atom. The standard InChI is InChI=1S/C46H35BN4.Pt/c1-48-32-50(44-28-11-9-26-42(44)48)38-22-13-20-36(30-38)47(37-21-14-23-39(31-37)51-33-49(2)43-27-10-12-29-45(43)51)46-40(34-16-5-3-6-17-34)24-15-25-41(46)35-18-7-4-8-19-35;/h3-31H,1-2H3;/i1D3,2D3;. The van der Waals surface area contributed by atoms with E-state index in [1.807, 2.05) is 72.8 Å². The van der Waals surface area contributed by atoms with Crippen LogP contribution in [0.2, 0.25) is 0 Å². The van der Waals surface area contributed by atoms with Crippen molar-refractivity contribution in [2.45, 2.75) is 0 Å². The normalized spacial score (nSPS) is 16.7. The molecule has 0 fully saturated rings. The quantitative estimate of drug-likeness (QED) is 0.167. The molecule has 7 aromatic rings. The van der Waals surface area contributed by atoms with E-state index in [-0.39, 0.29) is 6.71 Å². The molecule has 0 saturated carbocycles. The zero-order chi connectivity index (χ0) is 39.8. The van der Waals surface area contributed by atoms with Gasteiger partial charge in [0.15, 0.2) is 0 Å². The average Bonchev–Trinajstić information content (AvgIpc) is 3.74. The Kier molecular flexibility index (Phi) is 6.05. The van der Waals surface area contributed by atoms with Crippen molar-refractivity contribution in [3.8, 4) is 22.3 Å². The van der Waals surface area contributed by atoms with E-state index in [0.717, 1.165) is 61.4 Å². The zero-order valence-corrected chi connectivity index (χ0v) is 30.2. The second-order valence-electron chi connectivity index (χ2n) is 13.0. The molecule has 0 unspecified atom stereocenters. The number of rotatable bonds is 3. The molecule has 4 nitrogen and oxygen atoms in total. The van der Waals surface area contributed by atoms with Crippen LogP contribution in [-0.2, 0) is 17.6 Å². The van der Waals surface area contributed by atoms with E-state index in [1.165, 1.54) is 9.80 Å². The number of hydrogen-bond donors (Lipinski definition) is 0. The van der Waals surface area contributed by atoms with Crippen molar-refractivity contribution in [3.63, 3.8) is 0 Å². The summed E-state index contributed by atoms with van der Waals surface area (Å²) >= 11 is -1.54. The van der Waals surface area contributed by atoms with Crippen LogP contribution in [0.1, 0.15) is 8.22 Å². The Hall–Kier alpha value is -5.77. The molecular formula is C46H35BN4Pt. The van der Waals surface area contributed by atoms with Crippen LogP contribution < -0.4 is 36.0 Å². The summed E-state index contributed by atoms with van der Waals surface area (Å²) in [7, 11) is 0. The summed E-state index contributed by atoms with van der Waals surface area (Å²) in [6, 6.07) is 59.5. The first-order valence-electron chi connectivity index (χ1n) is 20.2.